The zero-order chi connectivity index (χ0) is 19.3. The molecule has 1 saturated heterocycles. The fourth-order valence-electron chi connectivity index (χ4n) is 3.75. The Labute approximate surface area is 163 Å². The van der Waals surface area contributed by atoms with E-state index >= 15 is 0 Å². The fraction of sp³-hybridized carbons (Fsp3) is 0.381. The van der Waals surface area contributed by atoms with Gasteiger partial charge >= 0.3 is 0 Å². The number of rotatable bonds is 7. The lowest BCUT2D eigenvalue weighted by Crippen LogP contribution is -2.41. The van der Waals surface area contributed by atoms with E-state index in [1.165, 1.54) is 0 Å². The fourth-order valence-corrected chi connectivity index (χ4v) is 3.75. The molecule has 0 amide bonds. The molecule has 1 aliphatic rings. The molecule has 3 aromatic rings. The maximum atomic E-state index is 8.95. The number of nitrogens with zero attached hydrogens (tertiary/aromatic N) is 2. The average Bonchev–Trinajstić information content (AvgIpc) is 3.15. The lowest BCUT2D eigenvalue weighted by atomic mass is 10.0. The highest BCUT2D eigenvalue weighted by Crippen LogP contribution is 2.22. The third-order valence-corrected chi connectivity index (χ3v) is 5.02. The van der Waals surface area contributed by atoms with Gasteiger partial charge in [0, 0.05) is 30.2 Å². The number of piperidine rings is 1. The van der Waals surface area contributed by atoms with E-state index in [0.717, 1.165) is 54.6 Å². The lowest BCUT2D eigenvalue weighted by molar-refractivity contribution is -0.0680. The van der Waals surface area contributed by atoms with Gasteiger partial charge in [0.1, 0.15) is 12.4 Å². The van der Waals surface area contributed by atoms with Crippen molar-refractivity contribution >= 4 is 16.6 Å². The number of aliphatic hydroxyl groups excluding tert-OH is 1. The van der Waals surface area contributed by atoms with Gasteiger partial charge in [-0.15, -0.1) is 0 Å². The number of aliphatic hydroxyl groups is 2. The van der Waals surface area contributed by atoms with Crippen molar-refractivity contribution < 1.29 is 14.9 Å². The average molecular weight is 382 g/mol. The number of hydrogen-bond donors (Lipinski definition) is 4. The van der Waals surface area contributed by atoms with E-state index in [1.54, 1.807) is 0 Å². The molecule has 7 nitrogen and oxygen atoms in total. The lowest BCUT2D eigenvalue weighted by Gasteiger charge is -2.33. The van der Waals surface area contributed by atoms with Crippen LogP contribution in [0.15, 0.2) is 48.7 Å². The van der Waals surface area contributed by atoms with Crippen LogP contribution in [-0.2, 0) is 6.54 Å². The van der Waals surface area contributed by atoms with Crippen molar-refractivity contribution in [1.82, 2.24) is 15.1 Å². The monoisotopic (exact) mass is 382 g/mol. The number of fused-ring (bicyclic) bond motifs is 1. The van der Waals surface area contributed by atoms with Gasteiger partial charge in [-0.25, -0.2) is 0 Å². The summed E-state index contributed by atoms with van der Waals surface area (Å²) in [7, 11) is 0. The second kappa shape index (κ2) is 8.60. The molecule has 1 atom stereocenters. The van der Waals surface area contributed by atoms with E-state index in [1.807, 2.05) is 24.4 Å². The topological polar surface area (TPSA) is 93.6 Å². The van der Waals surface area contributed by atoms with Crippen LogP contribution in [0.2, 0.25) is 0 Å². The SMILES string of the molecule is OC(O)COc1cccc(CN2CCC[C@H](Nc3ccc4[nH]ncc4c3)C2)c1. The number of likely N-dealkylation sites (tertiary alicyclic amines) is 1. The molecule has 0 saturated carbocycles. The first-order chi connectivity index (χ1) is 13.7. The van der Waals surface area contributed by atoms with Crippen LogP contribution in [0.3, 0.4) is 0 Å². The van der Waals surface area contributed by atoms with E-state index in [-0.39, 0.29) is 6.61 Å². The van der Waals surface area contributed by atoms with Crippen LogP contribution < -0.4 is 10.1 Å². The van der Waals surface area contributed by atoms with Gasteiger partial charge in [-0.2, -0.15) is 5.10 Å². The Morgan fingerprint density at radius 3 is 3.07 bits per heavy atom. The van der Waals surface area contributed by atoms with Crippen LogP contribution in [-0.4, -0.2) is 57.3 Å². The third-order valence-electron chi connectivity index (χ3n) is 5.02. The van der Waals surface area contributed by atoms with Gasteiger partial charge in [0.2, 0.25) is 0 Å². The largest absolute Gasteiger partial charge is 0.488 e. The summed E-state index contributed by atoms with van der Waals surface area (Å²) < 4.78 is 5.39. The standard InChI is InChI=1S/C21H26N4O3/c26-21(27)14-28-19-5-1-3-15(9-19)12-25-8-2-4-18(13-25)23-17-6-7-20-16(10-17)11-22-24-20/h1,3,5-7,9-11,18,21,23,26-27H,2,4,8,12-14H2,(H,22,24)/t18-/m0/s1. The summed E-state index contributed by atoms with van der Waals surface area (Å²) >= 11 is 0. The highest BCUT2D eigenvalue weighted by Gasteiger charge is 2.20. The van der Waals surface area contributed by atoms with Crippen LogP contribution >= 0.6 is 0 Å². The van der Waals surface area contributed by atoms with Crippen molar-refractivity contribution in [3.05, 3.63) is 54.2 Å². The van der Waals surface area contributed by atoms with Crippen LogP contribution in [0.1, 0.15) is 18.4 Å². The van der Waals surface area contributed by atoms with Gasteiger partial charge in [0.15, 0.2) is 6.29 Å². The molecule has 0 bridgehead atoms. The van der Waals surface area contributed by atoms with Gasteiger partial charge in [-0.1, -0.05) is 12.1 Å². The molecule has 148 valence electrons. The van der Waals surface area contributed by atoms with Crippen molar-refractivity contribution in [1.29, 1.82) is 0 Å². The zero-order valence-corrected chi connectivity index (χ0v) is 15.7. The number of nitrogens with one attached hydrogen (secondary N) is 2. The van der Waals surface area contributed by atoms with Crippen molar-refractivity contribution in [3.63, 3.8) is 0 Å². The number of hydrogen-bond acceptors (Lipinski definition) is 6. The summed E-state index contributed by atoms with van der Waals surface area (Å²) in [5.74, 6) is 0.658. The number of anilines is 1. The Morgan fingerprint density at radius 2 is 2.18 bits per heavy atom. The normalized spacial score (nSPS) is 17.9. The van der Waals surface area contributed by atoms with E-state index in [0.29, 0.717) is 11.8 Å². The van der Waals surface area contributed by atoms with Crippen molar-refractivity contribution in [3.8, 4) is 5.75 Å². The van der Waals surface area contributed by atoms with E-state index < -0.39 is 6.29 Å². The first kappa shape index (κ1) is 18.7. The number of ether oxygens (including phenoxy) is 1. The van der Waals surface area contributed by atoms with Crippen LogP contribution in [0.25, 0.3) is 10.9 Å². The molecule has 1 aliphatic heterocycles. The van der Waals surface area contributed by atoms with Gasteiger partial charge < -0.3 is 20.3 Å². The second-order valence-electron chi connectivity index (χ2n) is 7.33. The predicted octanol–water partition coefficient (Wildman–Crippen LogP) is 2.33. The molecule has 4 N–H and O–H groups in total. The van der Waals surface area contributed by atoms with E-state index in [2.05, 4.69) is 44.7 Å². The van der Waals surface area contributed by atoms with Crippen LogP contribution in [0.4, 0.5) is 5.69 Å². The van der Waals surface area contributed by atoms with Gasteiger partial charge in [-0.05, 0) is 55.3 Å². The van der Waals surface area contributed by atoms with Crippen LogP contribution in [0.5, 0.6) is 5.75 Å². The summed E-state index contributed by atoms with van der Waals surface area (Å²) in [6.07, 6.45) is 2.69. The van der Waals surface area contributed by atoms with E-state index in [9.17, 15) is 0 Å². The molecule has 4 rings (SSSR count). The molecule has 1 fully saturated rings. The molecule has 28 heavy (non-hydrogen) atoms. The maximum absolute atomic E-state index is 8.95. The molecule has 0 unspecified atom stereocenters. The Kier molecular flexibility index (Phi) is 5.76. The molecule has 0 radical (unpaired) electrons. The van der Waals surface area contributed by atoms with Crippen molar-refractivity contribution in [2.24, 2.45) is 0 Å². The molecule has 1 aromatic heterocycles. The Balaban J connectivity index is 1.35. The Morgan fingerprint density at radius 1 is 1.25 bits per heavy atom. The first-order valence-electron chi connectivity index (χ1n) is 9.65. The zero-order valence-electron chi connectivity index (χ0n) is 15.7. The molecule has 2 aromatic carbocycles. The minimum absolute atomic E-state index is 0.125. The second-order valence-corrected chi connectivity index (χ2v) is 7.33. The molecule has 0 spiro atoms. The smallest absolute Gasteiger partial charge is 0.186 e. The quantitative estimate of drug-likeness (QED) is 0.469. The summed E-state index contributed by atoms with van der Waals surface area (Å²) in [6, 6.07) is 14.5. The Hall–Kier alpha value is -2.61. The molecular weight excluding hydrogens is 356 g/mol. The molecule has 0 aliphatic carbocycles. The van der Waals surface area contributed by atoms with Gasteiger partial charge in [0.05, 0.1) is 11.7 Å². The van der Waals surface area contributed by atoms with Crippen molar-refractivity contribution in [2.75, 3.05) is 25.0 Å². The number of H-pyrrole nitrogens is 1. The Bertz CT molecular complexity index is 911. The first-order valence-corrected chi connectivity index (χ1v) is 9.65. The third kappa shape index (κ3) is 4.81. The highest BCUT2D eigenvalue weighted by molar-refractivity contribution is 5.81. The summed E-state index contributed by atoms with van der Waals surface area (Å²) in [4.78, 5) is 2.44. The molecule has 7 heteroatoms. The minimum Gasteiger partial charge on any atom is -0.488 e. The highest BCUT2D eigenvalue weighted by atomic mass is 16.5. The van der Waals surface area contributed by atoms with Crippen molar-refractivity contribution in [2.45, 2.75) is 31.7 Å². The van der Waals surface area contributed by atoms with Gasteiger partial charge in [-0.3, -0.25) is 10.00 Å². The summed E-state index contributed by atoms with van der Waals surface area (Å²) in [6.45, 7) is 2.77. The number of aromatic amines is 1. The minimum atomic E-state index is -1.46. The predicted molar refractivity (Wildman–Crippen MR) is 108 cm³/mol. The van der Waals surface area contributed by atoms with Gasteiger partial charge in [0.25, 0.3) is 0 Å². The number of benzene rings is 2. The van der Waals surface area contributed by atoms with E-state index in [4.69, 9.17) is 14.9 Å². The van der Waals surface area contributed by atoms with Crippen LogP contribution in [0, 0.1) is 0 Å². The summed E-state index contributed by atoms with van der Waals surface area (Å²) in [5.41, 5.74) is 3.33. The summed E-state index contributed by atoms with van der Waals surface area (Å²) in [5, 5.41) is 29.7. The molecular formula is C21H26N4O3. The molecule has 2 heterocycles. The number of aromatic nitrogens is 2. The maximum Gasteiger partial charge on any atom is 0.186 e.